The van der Waals surface area contributed by atoms with Gasteiger partial charge >= 0.3 is 0 Å². The van der Waals surface area contributed by atoms with Crippen LogP contribution in [0.5, 0.6) is 0 Å². The molecule has 0 amide bonds. The molecule has 2 atom stereocenters. The van der Waals surface area contributed by atoms with Crippen LogP contribution in [0.2, 0.25) is 0 Å². The number of hydrogen-bond donors (Lipinski definition) is 2. The van der Waals surface area contributed by atoms with E-state index in [-0.39, 0.29) is 0 Å². The van der Waals surface area contributed by atoms with Gasteiger partial charge in [0.15, 0.2) is 0 Å². The first-order valence-electron chi connectivity index (χ1n) is 4.30. The molecule has 1 aliphatic heterocycles. The van der Waals surface area contributed by atoms with Crippen LogP contribution >= 0.6 is 0 Å². The van der Waals surface area contributed by atoms with Crippen LogP contribution in [0.25, 0.3) is 0 Å². The van der Waals surface area contributed by atoms with Crippen LogP contribution in [0.4, 0.5) is 0 Å². The van der Waals surface area contributed by atoms with Crippen molar-refractivity contribution in [1.29, 1.82) is 0 Å². The van der Waals surface area contributed by atoms with E-state index in [0.717, 1.165) is 26.1 Å². The fraction of sp³-hybridized carbons (Fsp3) is 1.00. The van der Waals surface area contributed by atoms with Crippen molar-refractivity contribution >= 4 is 0 Å². The lowest BCUT2D eigenvalue weighted by Gasteiger charge is -2.26. The van der Waals surface area contributed by atoms with Crippen molar-refractivity contribution in [2.24, 2.45) is 0 Å². The van der Waals surface area contributed by atoms with E-state index in [1.807, 2.05) is 0 Å². The third-order valence-electron chi connectivity index (χ3n) is 2.14. The van der Waals surface area contributed by atoms with Gasteiger partial charge in [0.05, 0.1) is 6.10 Å². The summed E-state index contributed by atoms with van der Waals surface area (Å²) in [5, 5.41) is 6.79. The molecule has 0 saturated carbocycles. The van der Waals surface area contributed by atoms with Crippen LogP contribution in [0, 0.1) is 0 Å². The summed E-state index contributed by atoms with van der Waals surface area (Å²) in [6, 6.07) is 0.596. The highest BCUT2D eigenvalue weighted by Crippen LogP contribution is 2.01. The molecule has 0 aromatic carbocycles. The summed E-state index contributed by atoms with van der Waals surface area (Å²) < 4.78 is 5.19. The predicted octanol–water partition coefficient (Wildman–Crippen LogP) is -0.0272. The van der Waals surface area contributed by atoms with Gasteiger partial charge in [0, 0.05) is 32.8 Å². The molecular weight excluding hydrogens is 140 g/mol. The number of ether oxygens (including phenoxy) is 1. The molecule has 66 valence electrons. The molecule has 1 aliphatic rings. The maximum absolute atomic E-state index is 5.19. The van der Waals surface area contributed by atoms with Gasteiger partial charge in [-0.05, 0) is 13.3 Å². The summed E-state index contributed by atoms with van der Waals surface area (Å²) in [5.41, 5.74) is 0. The largest absolute Gasteiger partial charge is 0.382 e. The molecule has 0 bridgehead atoms. The summed E-state index contributed by atoms with van der Waals surface area (Å²) in [6.45, 7) is 5.36. The minimum Gasteiger partial charge on any atom is -0.382 e. The van der Waals surface area contributed by atoms with Crippen LogP contribution in [0.1, 0.15) is 13.3 Å². The fourth-order valence-corrected chi connectivity index (χ4v) is 1.38. The van der Waals surface area contributed by atoms with Gasteiger partial charge in [-0.3, -0.25) is 0 Å². The lowest BCUT2D eigenvalue weighted by Crippen LogP contribution is -2.49. The lowest BCUT2D eigenvalue weighted by atomic mass is 10.1. The third kappa shape index (κ3) is 3.18. The molecular formula is C8H18N2O. The van der Waals surface area contributed by atoms with Crippen LogP contribution in [-0.4, -0.2) is 38.9 Å². The van der Waals surface area contributed by atoms with Gasteiger partial charge < -0.3 is 15.4 Å². The Bertz CT molecular complexity index is 102. The second-order valence-electron chi connectivity index (χ2n) is 3.14. The smallest absolute Gasteiger partial charge is 0.0558 e. The minimum absolute atomic E-state index is 0.368. The third-order valence-corrected chi connectivity index (χ3v) is 2.14. The Labute approximate surface area is 68.5 Å². The quantitative estimate of drug-likeness (QED) is 0.605. The van der Waals surface area contributed by atoms with E-state index in [2.05, 4.69) is 17.6 Å². The van der Waals surface area contributed by atoms with Crippen LogP contribution in [0.3, 0.4) is 0 Å². The van der Waals surface area contributed by atoms with E-state index in [4.69, 9.17) is 4.74 Å². The summed E-state index contributed by atoms with van der Waals surface area (Å²) in [5.74, 6) is 0. The minimum atomic E-state index is 0.368. The van der Waals surface area contributed by atoms with E-state index in [1.165, 1.54) is 0 Å². The monoisotopic (exact) mass is 158 g/mol. The second kappa shape index (κ2) is 4.70. The van der Waals surface area contributed by atoms with Gasteiger partial charge in [-0.25, -0.2) is 0 Å². The summed E-state index contributed by atoms with van der Waals surface area (Å²) in [4.78, 5) is 0. The van der Waals surface area contributed by atoms with Crippen molar-refractivity contribution in [2.75, 3.05) is 26.7 Å². The second-order valence-corrected chi connectivity index (χ2v) is 3.14. The number of methoxy groups -OCH3 is 1. The number of piperazine rings is 1. The summed E-state index contributed by atoms with van der Waals surface area (Å²) in [7, 11) is 1.76. The summed E-state index contributed by atoms with van der Waals surface area (Å²) >= 11 is 0. The molecule has 3 nitrogen and oxygen atoms in total. The normalized spacial score (nSPS) is 28.4. The zero-order valence-electron chi connectivity index (χ0n) is 7.39. The molecule has 1 saturated heterocycles. The van der Waals surface area contributed by atoms with Crippen LogP contribution in [-0.2, 0) is 4.74 Å². The van der Waals surface area contributed by atoms with Crippen molar-refractivity contribution < 1.29 is 4.74 Å². The SMILES string of the molecule is CO[C@@H](C)CC1CNCCN1. The first kappa shape index (κ1) is 8.97. The molecule has 1 fully saturated rings. The molecule has 0 aliphatic carbocycles. The molecule has 2 N–H and O–H groups in total. The van der Waals surface area contributed by atoms with Crippen molar-refractivity contribution in [3.05, 3.63) is 0 Å². The Morgan fingerprint density at radius 2 is 2.36 bits per heavy atom. The van der Waals surface area contributed by atoms with Crippen LogP contribution < -0.4 is 10.6 Å². The topological polar surface area (TPSA) is 33.3 Å². The molecule has 1 rings (SSSR count). The molecule has 0 radical (unpaired) electrons. The highest BCUT2D eigenvalue weighted by Gasteiger charge is 2.14. The van der Waals surface area contributed by atoms with Gasteiger partial charge in [0.1, 0.15) is 0 Å². The van der Waals surface area contributed by atoms with E-state index in [9.17, 15) is 0 Å². The molecule has 3 heteroatoms. The lowest BCUT2D eigenvalue weighted by molar-refractivity contribution is 0.0984. The van der Waals surface area contributed by atoms with E-state index in [0.29, 0.717) is 12.1 Å². The van der Waals surface area contributed by atoms with Crippen molar-refractivity contribution in [3.8, 4) is 0 Å². The average molecular weight is 158 g/mol. The highest BCUT2D eigenvalue weighted by molar-refractivity contribution is 4.76. The van der Waals surface area contributed by atoms with Crippen LogP contribution in [0.15, 0.2) is 0 Å². The van der Waals surface area contributed by atoms with E-state index in [1.54, 1.807) is 7.11 Å². The first-order valence-corrected chi connectivity index (χ1v) is 4.30. The zero-order valence-corrected chi connectivity index (χ0v) is 7.39. The van der Waals surface area contributed by atoms with E-state index >= 15 is 0 Å². The Balaban J connectivity index is 2.13. The Morgan fingerprint density at radius 1 is 1.55 bits per heavy atom. The van der Waals surface area contributed by atoms with Crippen molar-refractivity contribution in [3.63, 3.8) is 0 Å². The Kier molecular flexibility index (Phi) is 3.83. The number of hydrogen-bond acceptors (Lipinski definition) is 3. The zero-order chi connectivity index (χ0) is 8.10. The van der Waals surface area contributed by atoms with Gasteiger partial charge in [0.25, 0.3) is 0 Å². The van der Waals surface area contributed by atoms with E-state index < -0.39 is 0 Å². The van der Waals surface area contributed by atoms with Crippen molar-refractivity contribution in [2.45, 2.75) is 25.5 Å². The Hall–Kier alpha value is -0.120. The summed E-state index contributed by atoms with van der Waals surface area (Å²) in [6.07, 6.45) is 1.47. The number of nitrogens with one attached hydrogen (secondary N) is 2. The first-order chi connectivity index (χ1) is 5.33. The Morgan fingerprint density at radius 3 is 2.91 bits per heavy atom. The fourth-order valence-electron chi connectivity index (χ4n) is 1.38. The molecule has 0 aromatic heterocycles. The molecule has 1 unspecified atom stereocenters. The molecule has 0 spiro atoms. The standard InChI is InChI=1S/C8H18N2O/c1-7(11-2)5-8-6-9-3-4-10-8/h7-10H,3-6H2,1-2H3/t7-,8?/m0/s1. The van der Waals surface area contributed by atoms with Gasteiger partial charge in [-0.2, -0.15) is 0 Å². The maximum Gasteiger partial charge on any atom is 0.0558 e. The molecule has 11 heavy (non-hydrogen) atoms. The average Bonchev–Trinajstić information content (AvgIpc) is 2.06. The van der Waals surface area contributed by atoms with Gasteiger partial charge in [-0.15, -0.1) is 0 Å². The van der Waals surface area contributed by atoms with Gasteiger partial charge in [0.2, 0.25) is 0 Å². The molecule has 0 aromatic rings. The number of rotatable bonds is 3. The maximum atomic E-state index is 5.19. The highest BCUT2D eigenvalue weighted by atomic mass is 16.5. The van der Waals surface area contributed by atoms with Crippen molar-refractivity contribution in [1.82, 2.24) is 10.6 Å². The predicted molar refractivity (Wildman–Crippen MR) is 45.7 cm³/mol. The molecule has 1 heterocycles. The van der Waals surface area contributed by atoms with Gasteiger partial charge in [-0.1, -0.05) is 0 Å².